The lowest BCUT2D eigenvalue weighted by Gasteiger charge is -2.17. The summed E-state index contributed by atoms with van der Waals surface area (Å²) in [5.74, 6) is 0. The smallest absolute Gasteiger partial charge is 0.333 e. The molecule has 3 rings (SSSR count). The van der Waals surface area contributed by atoms with Gasteiger partial charge in [-0.1, -0.05) is 48.5 Å². The second kappa shape index (κ2) is 6.88. The van der Waals surface area contributed by atoms with Crippen molar-refractivity contribution < 1.29 is 22.1 Å². The van der Waals surface area contributed by atoms with Crippen molar-refractivity contribution in [3.8, 4) is 0 Å². The Morgan fingerprint density at radius 1 is 1.00 bits per heavy atom. The number of para-hydroxylation sites is 1. The molecule has 0 bridgehead atoms. The molecular weight excluding hydrogens is 332 g/mol. The fourth-order valence-electron chi connectivity index (χ4n) is 2.58. The van der Waals surface area contributed by atoms with E-state index in [0.717, 1.165) is 5.56 Å². The van der Waals surface area contributed by atoms with Crippen LogP contribution in [0.15, 0.2) is 54.6 Å². The molecule has 3 atom stereocenters. The van der Waals surface area contributed by atoms with Gasteiger partial charge in [0, 0.05) is 16.8 Å². The third-order valence-electron chi connectivity index (χ3n) is 3.68. The van der Waals surface area contributed by atoms with E-state index in [1.165, 1.54) is 0 Å². The van der Waals surface area contributed by atoms with Gasteiger partial charge in [0.1, 0.15) is 12.2 Å². The molecule has 1 aliphatic heterocycles. The predicted octanol–water partition coefficient (Wildman–Crippen LogP) is 1.64. The van der Waals surface area contributed by atoms with Gasteiger partial charge in [-0.25, -0.2) is 5.14 Å². The minimum atomic E-state index is -4.08. The van der Waals surface area contributed by atoms with Gasteiger partial charge in [0.15, 0.2) is 6.29 Å². The third-order valence-corrected chi connectivity index (χ3v) is 4.14. The maximum absolute atomic E-state index is 11.1. The number of nitrogen functional groups attached to an aromatic ring is 1. The highest BCUT2D eigenvalue weighted by atomic mass is 32.2. The Hall–Kier alpha value is -1.97. The number of rotatable bonds is 5. The van der Waals surface area contributed by atoms with Crippen molar-refractivity contribution in [3.05, 3.63) is 65.7 Å². The van der Waals surface area contributed by atoms with Crippen LogP contribution in [0.3, 0.4) is 0 Å². The summed E-state index contributed by atoms with van der Waals surface area (Å²) >= 11 is 0. The van der Waals surface area contributed by atoms with Crippen LogP contribution in [-0.4, -0.2) is 21.1 Å². The van der Waals surface area contributed by atoms with Gasteiger partial charge in [0.25, 0.3) is 0 Å². The van der Waals surface area contributed by atoms with Crippen molar-refractivity contribution >= 4 is 16.0 Å². The van der Waals surface area contributed by atoms with Crippen molar-refractivity contribution in [3.63, 3.8) is 0 Å². The lowest BCUT2D eigenvalue weighted by molar-refractivity contribution is -0.0726. The first-order valence-electron chi connectivity index (χ1n) is 7.31. The molecule has 7 nitrogen and oxygen atoms in total. The molecule has 3 unspecified atom stereocenters. The number of anilines is 1. The Balaban J connectivity index is 1.86. The molecule has 24 heavy (non-hydrogen) atoms. The van der Waals surface area contributed by atoms with Gasteiger partial charge < -0.3 is 15.2 Å². The number of benzene rings is 2. The third kappa shape index (κ3) is 3.92. The topological polar surface area (TPSA) is 114 Å². The van der Waals surface area contributed by atoms with Gasteiger partial charge in [-0.05, 0) is 6.07 Å². The van der Waals surface area contributed by atoms with Crippen molar-refractivity contribution in [1.82, 2.24) is 0 Å². The summed E-state index contributed by atoms with van der Waals surface area (Å²) in [6, 6.07) is 16.5. The number of nitrogens with two attached hydrogens (primary N) is 2. The fourth-order valence-corrected chi connectivity index (χ4v) is 2.91. The Morgan fingerprint density at radius 2 is 1.67 bits per heavy atom. The van der Waals surface area contributed by atoms with E-state index in [1.54, 1.807) is 18.2 Å². The monoisotopic (exact) mass is 350 g/mol. The Labute approximate surface area is 140 Å². The number of ether oxygens (including phenoxy) is 2. The van der Waals surface area contributed by atoms with E-state index in [9.17, 15) is 8.42 Å². The molecule has 1 aliphatic rings. The molecule has 1 heterocycles. The van der Waals surface area contributed by atoms with Gasteiger partial charge in [0.05, 0.1) is 6.61 Å². The van der Waals surface area contributed by atoms with E-state index in [0.29, 0.717) is 11.3 Å². The zero-order valence-corrected chi connectivity index (χ0v) is 13.6. The van der Waals surface area contributed by atoms with Crippen LogP contribution < -0.4 is 10.9 Å². The first-order valence-corrected chi connectivity index (χ1v) is 8.78. The lowest BCUT2D eigenvalue weighted by Crippen LogP contribution is -2.27. The molecule has 2 aromatic rings. The summed E-state index contributed by atoms with van der Waals surface area (Å²) in [6.45, 7) is -0.263. The highest BCUT2D eigenvalue weighted by Crippen LogP contribution is 2.41. The first kappa shape index (κ1) is 16.9. The largest absolute Gasteiger partial charge is 0.398 e. The molecule has 0 saturated carbocycles. The molecule has 0 spiro atoms. The molecule has 128 valence electrons. The van der Waals surface area contributed by atoms with Crippen LogP contribution in [0.2, 0.25) is 0 Å². The van der Waals surface area contributed by atoms with Crippen LogP contribution in [0.1, 0.15) is 23.5 Å². The zero-order valence-electron chi connectivity index (χ0n) is 12.7. The summed E-state index contributed by atoms with van der Waals surface area (Å²) in [4.78, 5) is 0. The average Bonchev–Trinajstić information content (AvgIpc) is 2.98. The number of hydrogen-bond donors (Lipinski definition) is 2. The normalized spacial score (nSPS) is 24.1. The van der Waals surface area contributed by atoms with Gasteiger partial charge in [-0.15, -0.1) is 0 Å². The second-order valence-electron chi connectivity index (χ2n) is 5.38. The van der Waals surface area contributed by atoms with Crippen LogP contribution in [0.5, 0.6) is 0 Å². The Bertz CT molecular complexity index is 797. The highest BCUT2D eigenvalue weighted by Gasteiger charge is 2.39. The van der Waals surface area contributed by atoms with E-state index in [-0.39, 0.29) is 6.61 Å². The summed E-state index contributed by atoms with van der Waals surface area (Å²) in [5.41, 5.74) is 8.06. The molecule has 8 heteroatoms. The van der Waals surface area contributed by atoms with Crippen molar-refractivity contribution in [1.29, 1.82) is 0 Å². The van der Waals surface area contributed by atoms with Crippen LogP contribution in [0.4, 0.5) is 5.69 Å². The van der Waals surface area contributed by atoms with Crippen LogP contribution >= 0.6 is 0 Å². The van der Waals surface area contributed by atoms with Crippen molar-refractivity contribution in [2.75, 3.05) is 12.3 Å². The van der Waals surface area contributed by atoms with Gasteiger partial charge in [0.2, 0.25) is 0 Å². The van der Waals surface area contributed by atoms with E-state index in [4.69, 9.17) is 24.5 Å². The molecule has 2 aromatic carbocycles. The first-order chi connectivity index (χ1) is 11.4. The van der Waals surface area contributed by atoms with E-state index in [1.807, 2.05) is 36.4 Å². The van der Waals surface area contributed by atoms with Gasteiger partial charge in [-0.2, -0.15) is 8.42 Å². The maximum atomic E-state index is 11.1. The molecule has 0 aromatic heterocycles. The van der Waals surface area contributed by atoms with Crippen molar-refractivity contribution in [2.24, 2.45) is 5.14 Å². The van der Waals surface area contributed by atoms with Gasteiger partial charge in [-0.3, -0.25) is 4.18 Å². The average molecular weight is 350 g/mol. The van der Waals surface area contributed by atoms with Gasteiger partial charge >= 0.3 is 10.3 Å². The maximum Gasteiger partial charge on any atom is 0.333 e. The molecule has 1 fully saturated rings. The lowest BCUT2D eigenvalue weighted by atomic mass is 10.0. The quantitative estimate of drug-likeness (QED) is 0.793. The fraction of sp³-hybridized carbons (Fsp3) is 0.250. The van der Waals surface area contributed by atoms with E-state index < -0.39 is 28.8 Å². The van der Waals surface area contributed by atoms with Crippen molar-refractivity contribution in [2.45, 2.75) is 18.5 Å². The molecule has 4 N–H and O–H groups in total. The highest BCUT2D eigenvalue weighted by molar-refractivity contribution is 7.84. The standard InChI is InChI=1S/C16H18N2O5S/c17-13-9-5-4-8-12(13)15-14(10-21-24(18,19)20)22-16(23-15)11-6-2-1-3-7-11/h1-9,14-16H,10,17H2,(H2,18,19,20). The summed E-state index contributed by atoms with van der Waals surface area (Å²) in [7, 11) is -4.08. The molecular formula is C16H18N2O5S. The van der Waals surface area contributed by atoms with E-state index >= 15 is 0 Å². The summed E-state index contributed by atoms with van der Waals surface area (Å²) < 4.78 is 38.7. The molecule has 0 radical (unpaired) electrons. The summed E-state index contributed by atoms with van der Waals surface area (Å²) in [5, 5.41) is 4.90. The Morgan fingerprint density at radius 3 is 2.33 bits per heavy atom. The molecule has 0 amide bonds. The van der Waals surface area contributed by atoms with E-state index in [2.05, 4.69) is 0 Å². The van der Waals surface area contributed by atoms with Crippen LogP contribution in [-0.2, 0) is 24.0 Å². The second-order valence-corrected chi connectivity index (χ2v) is 6.60. The SMILES string of the molecule is Nc1ccccc1C1OC(c2ccccc2)OC1COS(N)(=O)=O. The molecule has 1 saturated heterocycles. The molecule has 0 aliphatic carbocycles. The zero-order chi connectivity index (χ0) is 17.2. The number of hydrogen-bond acceptors (Lipinski definition) is 6. The predicted molar refractivity (Wildman–Crippen MR) is 87.8 cm³/mol. The summed E-state index contributed by atoms with van der Waals surface area (Å²) in [6.07, 6.45) is -1.89. The minimum absolute atomic E-state index is 0.263. The Kier molecular flexibility index (Phi) is 4.83. The van der Waals surface area contributed by atoms with Crippen LogP contribution in [0, 0.1) is 0 Å². The minimum Gasteiger partial charge on any atom is -0.398 e. The van der Waals surface area contributed by atoms with Crippen LogP contribution in [0.25, 0.3) is 0 Å².